The highest BCUT2D eigenvalue weighted by atomic mass is 19.3. The third-order valence-electron chi connectivity index (χ3n) is 6.46. The van der Waals surface area contributed by atoms with Gasteiger partial charge >= 0.3 is 0 Å². The number of allylic oxidation sites excluding steroid dienone is 1. The summed E-state index contributed by atoms with van der Waals surface area (Å²) in [4.78, 5) is 13.0. The molecule has 37 heavy (non-hydrogen) atoms. The predicted molar refractivity (Wildman–Crippen MR) is 147 cm³/mol. The lowest BCUT2D eigenvalue weighted by atomic mass is 9.97. The molecule has 3 aromatic rings. The molecule has 4 rings (SSSR count). The van der Waals surface area contributed by atoms with Crippen molar-refractivity contribution in [2.24, 2.45) is 0 Å². The molecule has 1 aromatic carbocycles. The quantitative estimate of drug-likeness (QED) is 0.290. The van der Waals surface area contributed by atoms with Crippen LogP contribution < -0.4 is 11.1 Å². The Morgan fingerprint density at radius 3 is 2.49 bits per heavy atom. The number of nitrogen functional groups attached to an aromatic ring is 1. The van der Waals surface area contributed by atoms with Crippen molar-refractivity contribution in [1.82, 2.24) is 19.8 Å². The Balaban J connectivity index is 1.46. The van der Waals surface area contributed by atoms with Crippen molar-refractivity contribution in [3.63, 3.8) is 0 Å². The van der Waals surface area contributed by atoms with Crippen LogP contribution in [0.3, 0.4) is 0 Å². The zero-order chi connectivity index (χ0) is 26.6. The Kier molecular flexibility index (Phi) is 8.00. The minimum Gasteiger partial charge on any atom is -0.398 e. The van der Waals surface area contributed by atoms with Crippen molar-refractivity contribution in [3.05, 3.63) is 90.7 Å². The van der Waals surface area contributed by atoms with Gasteiger partial charge in [-0.2, -0.15) is 0 Å². The van der Waals surface area contributed by atoms with Gasteiger partial charge in [-0.3, -0.25) is 14.9 Å². The number of hydrogen-bond acceptors (Lipinski definition) is 6. The van der Waals surface area contributed by atoms with E-state index in [-0.39, 0.29) is 12.8 Å². The van der Waals surface area contributed by atoms with Crippen molar-refractivity contribution >= 4 is 16.9 Å². The van der Waals surface area contributed by atoms with Crippen LogP contribution in [0.4, 0.5) is 20.2 Å². The normalized spacial score (nSPS) is 15.5. The molecule has 0 bridgehead atoms. The molecule has 1 fully saturated rings. The third kappa shape index (κ3) is 6.99. The molecular formula is C29H34F2N6. The Morgan fingerprint density at radius 2 is 1.81 bits per heavy atom. The molecule has 0 radical (unpaired) electrons. The van der Waals surface area contributed by atoms with E-state index in [0.717, 1.165) is 40.2 Å². The van der Waals surface area contributed by atoms with E-state index in [2.05, 4.69) is 33.3 Å². The molecule has 1 aliphatic heterocycles. The van der Waals surface area contributed by atoms with E-state index in [1.165, 1.54) is 0 Å². The highest BCUT2D eigenvalue weighted by Crippen LogP contribution is 2.32. The Bertz CT molecular complexity index is 1260. The maximum Gasteiger partial charge on any atom is 0.250 e. The number of hydrogen-bond donors (Lipinski definition) is 2. The summed E-state index contributed by atoms with van der Waals surface area (Å²) in [6, 6.07) is 11.8. The molecule has 0 amide bonds. The van der Waals surface area contributed by atoms with Gasteiger partial charge in [0.05, 0.1) is 17.6 Å². The molecule has 3 N–H and O–H groups in total. The fraction of sp³-hybridized carbons (Fsp3) is 0.310. The first-order valence-corrected chi connectivity index (χ1v) is 12.3. The second-order valence-electron chi connectivity index (χ2n) is 9.87. The van der Waals surface area contributed by atoms with Crippen LogP contribution in [-0.4, -0.2) is 52.9 Å². The SMILES string of the molecule is C=C(Nc1ccc(CN(C)C)nc1)C(=C)c1cc(-c2cncc(CN3CCC(F)(F)CC3)c2)ccc1N. The van der Waals surface area contributed by atoms with E-state index < -0.39 is 5.92 Å². The number of piperidine rings is 1. The first-order chi connectivity index (χ1) is 17.6. The fourth-order valence-electron chi connectivity index (χ4n) is 4.35. The monoisotopic (exact) mass is 504 g/mol. The lowest BCUT2D eigenvalue weighted by Crippen LogP contribution is -2.38. The maximum absolute atomic E-state index is 13.5. The van der Waals surface area contributed by atoms with Gasteiger partial charge in [0.15, 0.2) is 0 Å². The van der Waals surface area contributed by atoms with Crippen LogP contribution in [0.2, 0.25) is 0 Å². The number of likely N-dealkylation sites (tertiary alicyclic amines) is 1. The van der Waals surface area contributed by atoms with Crippen LogP contribution >= 0.6 is 0 Å². The number of alkyl halides is 2. The van der Waals surface area contributed by atoms with Crippen LogP contribution in [0, 0.1) is 0 Å². The number of nitrogens with two attached hydrogens (primary N) is 1. The van der Waals surface area contributed by atoms with Crippen molar-refractivity contribution in [1.29, 1.82) is 0 Å². The second kappa shape index (κ2) is 11.2. The summed E-state index contributed by atoms with van der Waals surface area (Å²) < 4.78 is 27.0. The third-order valence-corrected chi connectivity index (χ3v) is 6.46. The Labute approximate surface area is 217 Å². The van der Waals surface area contributed by atoms with E-state index in [1.54, 1.807) is 18.6 Å². The molecule has 8 heteroatoms. The molecule has 0 atom stereocenters. The van der Waals surface area contributed by atoms with Gasteiger partial charge in [0.25, 0.3) is 5.92 Å². The van der Waals surface area contributed by atoms with Gasteiger partial charge in [-0.05, 0) is 61.1 Å². The molecule has 3 heterocycles. The second-order valence-corrected chi connectivity index (χ2v) is 9.87. The van der Waals surface area contributed by atoms with Gasteiger partial charge in [0.1, 0.15) is 0 Å². The Hall–Kier alpha value is -3.62. The van der Waals surface area contributed by atoms with Crippen molar-refractivity contribution < 1.29 is 8.78 Å². The summed E-state index contributed by atoms with van der Waals surface area (Å²) in [6.45, 7) is 10.5. The molecule has 2 aromatic heterocycles. The van der Waals surface area contributed by atoms with E-state index in [0.29, 0.717) is 36.6 Å². The van der Waals surface area contributed by atoms with Crippen molar-refractivity contribution in [2.75, 3.05) is 38.2 Å². The number of nitrogens with one attached hydrogen (secondary N) is 1. The van der Waals surface area contributed by atoms with E-state index in [9.17, 15) is 8.78 Å². The molecule has 0 spiro atoms. The molecule has 194 valence electrons. The Morgan fingerprint density at radius 1 is 1.05 bits per heavy atom. The van der Waals surface area contributed by atoms with E-state index in [4.69, 9.17) is 5.73 Å². The average Bonchev–Trinajstić information content (AvgIpc) is 2.86. The van der Waals surface area contributed by atoms with E-state index >= 15 is 0 Å². The average molecular weight is 505 g/mol. The molecule has 0 unspecified atom stereocenters. The number of benzene rings is 1. The number of rotatable bonds is 9. The number of anilines is 2. The topological polar surface area (TPSA) is 70.3 Å². The van der Waals surface area contributed by atoms with Gasteiger partial charge in [0.2, 0.25) is 0 Å². The first kappa shape index (κ1) is 26.4. The highest BCUT2D eigenvalue weighted by Gasteiger charge is 2.33. The van der Waals surface area contributed by atoms with Crippen LogP contribution in [0.1, 0.15) is 29.7 Å². The van der Waals surface area contributed by atoms with Crippen LogP contribution in [0.25, 0.3) is 16.7 Å². The summed E-state index contributed by atoms with van der Waals surface area (Å²) in [5.74, 6) is -2.55. The minimum atomic E-state index is -2.55. The molecular weight excluding hydrogens is 470 g/mol. The zero-order valence-corrected chi connectivity index (χ0v) is 21.5. The molecule has 1 saturated heterocycles. The molecule has 0 aliphatic carbocycles. The van der Waals surface area contributed by atoms with Crippen LogP contribution in [0.15, 0.2) is 73.8 Å². The number of halogens is 2. The lowest BCUT2D eigenvalue weighted by Gasteiger charge is -2.31. The maximum atomic E-state index is 13.5. The predicted octanol–water partition coefficient (Wildman–Crippen LogP) is 5.66. The van der Waals surface area contributed by atoms with Crippen LogP contribution in [-0.2, 0) is 13.1 Å². The molecule has 0 saturated carbocycles. The van der Waals surface area contributed by atoms with Crippen molar-refractivity contribution in [3.8, 4) is 11.1 Å². The van der Waals surface area contributed by atoms with Gasteiger partial charge in [0, 0.05) is 73.9 Å². The van der Waals surface area contributed by atoms with Gasteiger partial charge in [-0.15, -0.1) is 0 Å². The van der Waals surface area contributed by atoms with Gasteiger partial charge < -0.3 is 16.0 Å². The smallest absolute Gasteiger partial charge is 0.250 e. The summed E-state index contributed by atoms with van der Waals surface area (Å²) in [5, 5.41) is 3.27. The fourth-order valence-corrected chi connectivity index (χ4v) is 4.35. The van der Waals surface area contributed by atoms with Crippen LogP contribution in [0.5, 0.6) is 0 Å². The number of aromatic nitrogens is 2. The minimum absolute atomic E-state index is 0.0994. The summed E-state index contributed by atoms with van der Waals surface area (Å²) >= 11 is 0. The zero-order valence-electron chi connectivity index (χ0n) is 21.5. The molecule has 1 aliphatic rings. The van der Waals surface area contributed by atoms with Gasteiger partial charge in [-0.25, -0.2) is 8.78 Å². The molecule has 6 nitrogen and oxygen atoms in total. The standard InChI is InChI=1S/C29H34F2N6/c1-20(21(2)35-25-6-7-26(34-17-25)19-36(3)4)27-14-23(5-8-28(27)32)24-13-22(15-33-16-24)18-37-11-9-29(30,31)10-12-37/h5-8,13-17,35H,1-2,9-12,18-19,32H2,3-4H3. The largest absolute Gasteiger partial charge is 0.398 e. The summed E-state index contributed by atoms with van der Waals surface area (Å²) in [6.07, 6.45) is 5.16. The summed E-state index contributed by atoms with van der Waals surface area (Å²) in [5.41, 5.74) is 13.6. The van der Waals surface area contributed by atoms with Crippen molar-refractivity contribution in [2.45, 2.75) is 31.9 Å². The van der Waals surface area contributed by atoms with Gasteiger partial charge in [-0.1, -0.05) is 19.2 Å². The van der Waals surface area contributed by atoms with E-state index in [1.807, 2.05) is 55.4 Å². The number of pyridine rings is 2. The lowest BCUT2D eigenvalue weighted by molar-refractivity contribution is -0.0566. The summed E-state index contributed by atoms with van der Waals surface area (Å²) in [7, 11) is 4.01. The first-order valence-electron chi connectivity index (χ1n) is 12.3. The highest BCUT2D eigenvalue weighted by molar-refractivity contribution is 5.87. The number of nitrogens with zero attached hydrogens (tertiary/aromatic N) is 4.